The molecule has 0 bridgehead atoms. The summed E-state index contributed by atoms with van der Waals surface area (Å²) in [5, 5.41) is 12.3. The highest BCUT2D eigenvalue weighted by Gasteiger charge is 2.13. The number of hydrogen-bond acceptors (Lipinski definition) is 8. The smallest absolute Gasteiger partial charge is 0.297 e. The van der Waals surface area contributed by atoms with Gasteiger partial charge in [-0.3, -0.25) is 9.59 Å². The minimum Gasteiger partial charge on any atom is -0.497 e. The van der Waals surface area contributed by atoms with Crippen LogP contribution in [0.4, 0.5) is 0 Å². The molecule has 2 aromatic heterocycles. The topological polar surface area (TPSA) is 86.4 Å². The van der Waals surface area contributed by atoms with E-state index in [0.29, 0.717) is 27.2 Å². The lowest BCUT2D eigenvalue weighted by Gasteiger charge is -2.02. The number of hydrogen-bond donors (Lipinski definition) is 0. The molecular formula is C15H14N4O3S2. The molecule has 0 aliphatic rings. The van der Waals surface area contributed by atoms with Gasteiger partial charge >= 0.3 is 0 Å². The molecule has 24 heavy (non-hydrogen) atoms. The van der Waals surface area contributed by atoms with E-state index in [1.165, 1.54) is 34.5 Å². The average Bonchev–Trinajstić information content (AvgIpc) is 3.00. The van der Waals surface area contributed by atoms with Crippen molar-refractivity contribution in [2.75, 3.05) is 12.9 Å². The van der Waals surface area contributed by atoms with Crippen molar-refractivity contribution in [3.05, 3.63) is 45.9 Å². The summed E-state index contributed by atoms with van der Waals surface area (Å²) in [4.78, 5) is 24.0. The first-order valence-corrected chi connectivity index (χ1v) is 8.87. The van der Waals surface area contributed by atoms with Crippen LogP contribution in [0.25, 0.3) is 4.96 Å². The van der Waals surface area contributed by atoms with Gasteiger partial charge in [0.15, 0.2) is 4.34 Å². The van der Waals surface area contributed by atoms with Crippen LogP contribution < -0.4 is 10.3 Å². The predicted molar refractivity (Wildman–Crippen MR) is 92.1 cm³/mol. The van der Waals surface area contributed by atoms with Crippen molar-refractivity contribution in [3.63, 3.8) is 0 Å². The summed E-state index contributed by atoms with van der Waals surface area (Å²) >= 11 is 2.54. The van der Waals surface area contributed by atoms with Crippen LogP contribution >= 0.6 is 23.1 Å². The first-order valence-electron chi connectivity index (χ1n) is 7.07. The van der Waals surface area contributed by atoms with Gasteiger partial charge in [0, 0.05) is 6.42 Å². The van der Waals surface area contributed by atoms with Crippen LogP contribution in [-0.4, -0.2) is 38.5 Å². The Kier molecular flexibility index (Phi) is 4.91. The SMILES string of the molecule is COc1ccc(Cc2nnc3sc(SCC(C)=O)nn3c2=O)cc1. The second kappa shape index (κ2) is 7.10. The number of ketones is 1. The Hall–Kier alpha value is -2.26. The zero-order valence-corrected chi connectivity index (χ0v) is 14.7. The minimum absolute atomic E-state index is 0.0536. The highest BCUT2D eigenvalue weighted by molar-refractivity contribution is 8.01. The summed E-state index contributed by atoms with van der Waals surface area (Å²) in [6.07, 6.45) is 0.367. The quantitative estimate of drug-likeness (QED) is 0.618. The molecule has 124 valence electrons. The Morgan fingerprint density at radius 1 is 1.29 bits per heavy atom. The molecule has 0 fully saturated rings. The highest BCUT2D eigenvalue weighted by Crippen LogP contribution is 2.22. The zero-order chi connectivity index (χ0) is 17.1. The van der Waals surface area contributed by atoms with Gasteiger partial charge in [0.05, 0.1) is 12.9 Å². The number of carbonyl (C=O) groups excluding carboxylic acids is 1. The fourth-order valence-electron chi connectivity index (χ4n) is 2.00. The number of thioether (sulfide) groups is 1. The van der Waals surface area contributed by atoms with Crippen LogP contribution in [0.3, 0.4) is 0 Å². The molecule has 7 nitrogen and oxygen atoms in total. The number of Topliss-reactive ketones (excluding diaryl/α,β-unsaturated/α-hetero) is 1. The monoisotopic (exact) mass is 362 g/mol. The Bertz CT molecular complexity index is 934. The molecule has 0 spiro atoms. The molecule has 0 atom stereocenters. The Balaban J connectivity index is 1.87. The van der Waals surface area contributed by atoms with Crippen molar-refractivity contribution in [1.29, 1.82) is 0 Å². The number of methoxy groups -OCH3 is 1. The van der Waals surface area contributed by atoms with E-state index < -0.39 is 0 Å². The van der Waals surface area contributed by atoms with E-state index in [9.17, 15) is 9.59 Å². The molecule has 0 saturated carbocycles. The van der Waals surface area contributed by atoms with Crippen LogP contribution in [0.5, 0.6) is 5.75 Å². The van der Waals surface area contributed by atoms with Gasteiger partial charge in [-0.25, -0.2) is 0 Å². The van der Waals surface area contributed by atoms with E-state index in [2.05, 4.69) is 15.3 Å². The van der Waals surface area contributed by atoms with Crippen molar-refractivity contribution in [2.45, 2.75) is 17.7 Å². The number of nitrogens with zero attached hydrogens (tertiary/aromatic N) is 4. The molecule has 0 aliphatic heterocycles. The Morgan fingerprint density at radius 2 is 2.04 bits per heavy atom. The van der Waals surface area contributed by atoms with Crippen molar-refractivity contribution in [3.8, 4) is 5.75 Å². The zero-order valence-electron chi connectivity index (χ0n) is 13.1. The molecular weight excluding hydrogens is 348 g/mol. The fourth-order valence-corrected chi connectivity index (χ4v) is 3.67. The fraction of sp³-hybridized carbons (Fsp3) is 0.267. The molecule has 2 heterocycles. The standard InChI is InChI=1S/C15H14N4O3S2/c1-9(20)8-23-15-18-19-13(21)12(16-17-14(19)24-15)7-10-3-5-11(22-2)6-4-10/h3-6H,7-8H2,1-2H3. The van der Waals surface area contributed by atoms with E-state index in [1.54, 1.807) is 7.11 Å². The first-order chi connectivity index (χ1) is 11.6. The number of benzene rings is 1. The minimum atomic E-state index is -0.290. The van der Waals surface area contributed by atoms with E-state index in [4.69, 9.17) is 4.74 Å². The normalized spacial score (nSPS) is 10.9. The van der Waals surface area contributed by atoms with E-state index >= 15 is 0 Å². The first kappa shape index (κ1) is 16.6. The molecule has 0 amide bonds. The van der Waals surface area contributed by atoms with Crippen molar-refractivity contribution in [2.24, 2.45) is 0 Å². The summed E-state index contributed by atoms with van der Waals surface area (Å²) < 4.78 is 6.99. The molecule has 3 aromatic rings. The van der Waals surface area contributed by atoms with Crippen LogP contribution in [-0.2, 0) is 11.2 Å². The van der Waals surface area contributed by atoms with Gasteiger partial charge in [0.1, 0.15) is 17.2 Å². The van der Waals surface area contributed by atoms with Gasteiger partial charge in [-0.15, -0.1) is 15.3 Å². The number of ether oxygens (including phenoxy) is 1. The Labute approximate surface area is 145 Å². The number of rotatable bonds is 6. The molecule has 0 radical (unpaired) electrons. The number of carbonyl (C=O) groups is 1. The Morgan fingerprint density at radius 3 is 2.71 bits per heavy atom. The van der Waals surface area contributed by atoms with Crippen molar-refractivity contribution < 1.29 is 9.53 Å². The summed E-state index contributed by atoms with van der Waals surface area (Å²) in [7, 11) is 1.60. The van der Waals surface area contributed by atoms with Crippen LogP contribution in [0, 0.1) is 0 Å². The van der Waals surface area contributed by atoms with Gasteiger partial charge in [-0.1, -0.05) is 35.2 Å². The summed E-state index contributed by atoms with van der Waals surface area (Å²) in [5.41, 5.74) is 0.969. The molecule has 3 rings (SSSR count). The average molecular weight is 362 g/mol. The second-order valence-electron chi connectivity index (χ2n) is 5.03. The lowest BCUT2D eigenvalue weighted by molar-refractivity contribution is -0.114. The van der Waals surface area contributed by atoms with Crippen molar-refractivity contribution >= 4 is 33.8 Å². The molecule has 0 saturated heterocycles. The maximum absolute atomic E-state index is 12.5. The maximum Gasteiger partial charge on any atom is 0.297 e. The van der Waals surface area contributed by atoms with Crippen LogP contribution in [0.1, 0.15) is 18.2 Å². The van der Waals surface area contributed by atoms with Gasteiger partial charge in [-0.2, -0.15) is 4.52 Å². The molecule has 9 heteroatoms. The summed E-state index contributed by atoms with van der Waals surface area (Å²) in [6.45, 7) is 1.51. The third-order valence-corrected chi connectivity index (χ3v) is 5.34. The molecule has 0 aliphatic carbocycles. The van der Waals surface area contributed by atoms with Crippen LogP contribution in [0.2, 0.25) is 0 Å². The number of aromatic nitrogens is 4. The third kappa shape index (κ3) is 3.62. The third-order valence-electron chi connectivity index (χ3n) is 3.17. The van der Waals surface area contributed by atoms with E-state index in [0.717, 1.165) is 11.3 Å². The summed E-state index contributed by atoms with van der Waals surface area (Å²) in [5.74, 6) is 1.13. The second-order valence-corrected chi connectivity index (χ2v) is 7.21. The maximum atomic E-state index is 12.5. The van der Waals surface area contributed by atoms with Gasteiger partial charge in [-0.05, 0) is 24.6 Å². The lowest BCUT2D eigenvalue weighted by atomic mass is 10.1. The highest BCUT2D eigenvalue weighted by atomic mass is 32.2. The largest absolute Gasteiger partial charge is 0.497 e. The van der Waals surface area contributed by atoms with E-state index in [-0.39, 0.29) is 11.3 Å². The van der Waals surface area contributed by atoms with E-state index in [1.807, 2.05) is 24.3 Å². The van der Waals surface area contributed by atoms with Crippen LogP contribution in [0.15, 0.2) is 33.4 Å². The molecule has 0 unspecified atom stereocenters. The summed E-state index contributed by atoms with van der Waals surface area (Å²) in [6, 6.07) is 7.42. The van der Waals surface area contributed by atoms with Crippen molar-refractivity contribution in [1.82, 2.24) is 19.8 Å². The lowest BCUT2D eigenvalue weighted by Crippen LogP contribution is -2.22. The van der Waals surface area contributed by atoms with Gasteiger partial charge < -0.3 is 4.74 Å². The number of fused-ring (bicyclic) bond motifs is 1. The van der Waals surface area contributed by atoms with Gasteiger partial charge in [0.25, 0.3) is 5.56 Å². The van der Waals surface area contributed by atoms with Gasteiger partial charge in [0.2, 0.25) is 4.96 Å². The molecule has 1 aromatic carbocycles. The molecule has 0 N–H and O–H groups in total. The predicted octanol–water partition coefficient (Wildman–Crippen LogP) is 1.83.